The minimum Gasteiger partial charge on any atom is -0.380 e. The number of carbonyl (C=O) groups is 1. The van der Waals surface area contributed by atoms with Gasteiger partial charge in [-0.2, -0.15) is 0 Å². The summed E-state index contributed by atoms with van der Waals surface area (Å²) >= 11 is 0. The Bertz CT molecular complexity index is 254. The molecule has 17 heavy (non-hydrogen) atoms. The van der Waals surface area contributed by atoms with E-state index < -0.39 is 0 Å². The minimum atomic E-state index is 0.135. The highest BCUT2D eigenvalue weighted by molar-refractivity contribution is 5.78. The molecule has 2 rings (SSSR count). The summed E-state index contributed by atoms with van der Waals surface area (Å²) in [5, 5.41) is 2.89. The molecule has 0 aromatic heterocycles. The average molecular weight is 241 g/mol. The molecule has 3 N–H and O–H groups in total. The van der Waals surface area contributed by atoms with Crippen molar-refractivity contribution in [1.82, 2.24) is 10.2 Å². The van der Waals surface area contributed by atoms with E-state index in [0.717, 1.165) is 45.6 Å². The van der Waals surface area contributed by atoms with Crippen LogP contribution in [-0.2, 0) is 9.53 Å². The van der Waals surface area contributed by atoms with Crippen LogP contribution in [0, 0.1) is 5.92 Å². The lowest BCUT2D eigenvalue weighted by Crippen LogP contribution is -2.47. The van der Waals surface area contributed by atoms with Crippen molar-refractivity contribution in [3.8, 4) is 0 Å². The van der Waals surface area contributed by atoms with Gasteiger partial charge >= 0.3 is 0 Å². The van der Waals surface area contributed by atoms with Crippen molar-refractivity contribution in [1.29, 1.82) is 0 Å². The van der Waals surface area contributed by atoms with Gasteiger partial charge in [0, 0.05) is 32.3 Å². The predicted molar refractivity (Wildman–Crippen MR) is 65.6 cm³/mol. The Kier molecular flexibility index (Phi) is 4.76. The van der Waals surface area contributed by atoms with E-state index in [1.165, 1.54) is 0 Å². The number of nitrogens with one attached hydrogen (secondary N) is 1. The summed E-state index contributed by atoms with van der Waals surface area (Å²) in [6.07, 6.45) is 3.22. The molecule has 0 saturated carbocycles. The first-order valence-electron chi connectivity index (χ1n) is 6.61. The van der Waals surface area contributed by atoms with Crippen LogP contribution >= 0.6 is 0 Å². The van der Waals surface area contributed by atoms with Crippen molar-refractivity contribution >= 4 is 5.91 Å². The smallest absolute Gasteiger partial charge is 0.224 e. The molecule has 2 fully saturated rings. The van der Waals surface area contributed by atoms with Gasteiger partial charge in [0.25, 0.3) is 0 Å². The van der Waals surface area contributed by atoms with Crippen LogP contribution in [-0.4, -0.2) is 56.2 Å². The molecule has 0 aromatic rings. The molecule has 0 spiro atoms. The molecule has 0 aromatic carbocycles. The lowest BCUT2D eigenvalue weighted by Gasteiger charge is -2.35. The summed E-state index contributed by atoms with van der Waals surface area (Å²) in [5.41, 5.74) is 5.39. The molecular formula is C12H23N3O2. The highest BCUT2D eigenvalue weighted by atomic mass is 16.5. The third-order valence-corrected chi connectivity index (χ3v) is 3.69. The fraction of sp³-hybridized carbons (Fsp3) is 0.917. The number of nitrogens with zero attached hydrogens (tertiary/aromatic N) is 1. The highest BCUT2D eigenvalue weighted by Gasteiger charge is 2.31. The van der Waals surface area contributed by atoms with Crippen molar-refractivity contribution in [2.75, 3.05) is 39.4 Å². The molecule has 5 heteroatoms. The third kappa shape index (κ3) is 3.40. The van der Waals surface area contributed by atoms with Gasteiger partial charge in [0.15, 0.2) is 0 Å². The summed E-state index contributed by atoms with van der Waals surface area (Å²) in [5.74, 6) is 0.301. The molecule has 5 nitrogen and oxygen atoms in total. The molecule has 2 heterocycles. The van der Waals surface area contributed by atoms with Gasteiger partial charge in [0.2, 0.25) is 5.91 Å². The SMILES string of the molecule is NCCNC(=O)C1CCCN(C2CCOC2)C1. The third-order valence-electron chi connectivity index (χ3n) is 3.69. The number of carbonyl (C=O) groups excluding carboxylic acids is 1. The van der Waals surface area contributed by atoms with Crippen molar-refractivity contribution in [3.05, 3.63) is 0 Å². The first-order chi connectivity index (χ1) is 8.31. The number of nitrogens with two attached hydrogens (primary N) is 1. The van der Waals surface area contributed by atoms with Gasteiger partial charge in [-0.05, 0) is 25.8 Å². The quantitative estimate of drug-likeness (QED) is 0.700. The van der Waals surface area contributed by atoms with Crippen LogP contribution in [0.15, 0.2) is 0 Å². The number of piperidine rings is 1. The summed E-state index contributed by atoms with van der Waals surface area (Å²) in [7, 11) is 0. The van der Waals surface area contributed by atoms with Crippen LogP contribution in [0.3, 0.4) is 0 Å². The van der Waals surface area contributed by atoms with Gasteiger partial charge in [-0.15, -0.1) is 0 Å². The number of rotatable bonds is 4. The maximum atomic E-state index is 11.9. The van der Waals surface area contributed by atoms with E-state index in [9.17, 15) is 4.79 Å². The van der Waals surface area contributed by atoms with E-state index in [1.807, 2.05) is 0 Å². The second kappa shape index (κ2) is 6.33. The second-order valence-corrected chi connectivity index (χ2v) is 4.93. The Balaban J connectivity index is 1.81. The molecule has 0 aliphatic carbocycles. The van der Waals surface area contributed by atoms with Crippen LogP contribution in [0.1, 0.15) is 19.3 Å². The number of hydrogen-bond donors (Lipinski definition) is 2. The fourth-order valence-corrected chi connectivity index (χ4v) is 2.70. The molecule has 2 saturated heterocycles. The Labute approximate surface area is 103 Å². The summed E-state index contributed by atoms with van der Waals surface area (Å²) < 4.78 is 5.41. The monoisotopic (exact) mass is 241 g/mol. The molecular weight excluding hydrogens is 218 g/mol. The van der Waals surface area contributed by atoms with Crippen molar-refractivity contribution in [3.63, 3.8) is 0 Å². The molecule has 2 aliphatic heterocycles. The van der Waals surface area contributed by atoms with Crippen molar-refractivity contribution in [2.45, 2.75) is 25.3 Å². The highest BCUT2D eigenvalue weighted by Crippen LogP contribution is 2.22. The zero-order valence-electron chi connectivity index (χ0n) is 10.4. The number of amides is 1. The molecule has 2 unspecified atom stereocenters. The molecule has 2 aliphatic rings. The largest absolute Gasteiger partial charge is 0.380 e. The zero-order valence-corrected chi connectivity index (χ0v) is 10.4. The van der Waals surface area contributed by atoms with Crippen molar-refractivity contribution < 1.29 is 9.53 Å². The zero-order chi connectivity index (χ0) is 12.1. The molecule has 1 amide bonds. The van der Waals surface area contributed by atoms with Gasteiger partial charge < -0.3 is 15.8 Å². The Hall–Kier alpha value is -0.650. The summed E-state index contributed by atoms with van der Waals surface area (Å²) in [6, 6.07) is 0.528. The first kappa shape index (κ1) is 12.8. The molecule has 0 radical (unpaired) electrons. The molecule has 98 valence electrons. The maximum absolute atomic E-state index is 11.9. The number of likely N-dealkylation sites (tertiary alicyclic amines) is 1. The maximum Gasteiger partial charge on any atom is 0.224 e. The molecule has 0 bridgehead atoms. The van der Waals surface area contributed by atoms with Crippen LogP contribution in [0.4, 0.5) is 0 Å². The lowest BCUT2D eigenvalue weighted by atomic mass is 9.95. The first-order valence-corrected chi connectivity index (χ1v) is 6.61. The Morgan fingerprint density at radius 3 is 3.06 bits per heavy atom. The fourth-order valence-electron chi connectivity index (χ4n) is 2.70. The van der Waals surface area contributed by atoms with E-state index in [2.05, 4.69) is 10.2 Å². The summed E-state index contributed by atoms with van der Waals surface area (Å²) in [6.45, 7) is 4.78. The van der Waals surface area contributed by atoms with Crippen LogP contribution in [0.5, 0.6) is 0 Å². The van der Waals surface area contributed by atoms with Gasteiger partial charge in [-0.25, -0.2) is 0 Å². The normalized spacial score (nSPS) is 30.4. The minimum absolute atomic E-state index is 0.135. The number of ether oxygens (including phenoxy) is 1. The van der Waals surface area contributed by atoms with Gasteiger partial charge in [0.05, 0.1) is 12.5 Å². The standard InChI is InChI=1S/C12H23N3O2/c13-4-5-14-12(16)10-2-1-6-15(8-10)11-3-7-17-9-11/h10-11H,1-9,13H2,(H,14,16). The van der Waals surface area contributed by atoms with Crippen LogP contribution in [0.25, 0.3) is 0 Å². The van der Waals surface area contributed by atoms with E-state index >= 15 is 0 Å². The molecule has 2 atom stereocenters. The predicted octanol–water partition coefficient (Wildman–Crippen LogP) is -0.438. The topological polar surface area (TPSA) is 67.6 Å². The van der Waals surface area contributed by atoms with Crippen LogP contribution < -0.4 is 11.1 Å². The van der Waals surface area contributed by atoms with E-state index in [-0.39, 0.29) is 11.8 Å². The Morgan fingerprint density at radius 1 is 1.47 bits per heavy atom. The second-order valence-electron chi connectivity index (χ2n) is 4.93. The van der Waals surface area contributed by atoms with E-state index in [0.29, 0.717) is 19.1 Å². The van der Waals surface area contributed by atoms with Crippen molar-refractivity contribution in [2.24, 2.45) is 11.7 Å². The lowest BCUT2D eigenvalue weighted by molar-refractivity contribution is -0.127. The van der Waals surface area contributed by atoms with Gasteiger partial charge in [-0.3, -0.25) is 9.69 Å². The van der Waals surface area contributed by atoms with Gasteiger partial charge in [0.1, 0.15) is 0 Å². The van der Waals surface area contributed by atoms with Gasteiger partial charge in [-0.1, -0.05) is 0 Å². The van der Waals surface area contributed by atoms with Crippen LogP contribution in [0.2, 0.25) is 0 Å². The number of hydrogen-bond acceptors (Lipinski definition) is 4. The van der Waals surface area contributed by atoms with E-state index in [1.54, 1.807) is 0 Å². The summed E-state index contributed by atoms with van der Waals surface area (Å²) in [4.78, 5) is 14.3. The average Bonchev–Trinajstić information content (AvgIpc) is 2.90. The van der Waals surface area contributed by atoms with E-state index in [4.69, 9.17) is 10.5 Å². The Morgan fingerprint density at radius 2 is 2.35 bits per heavy atom.